The molecule has 0 aromatic heterocycles. The van der Waals surface area contributed by atoms with Gasteiger partial charge in [0, 0.05) is 0 Å². The predicted octanol–water partition coefficient (Wildman–Crippen LogP) is 1.58. The highest BCUT2D eigenvalue weighted by atomic mass is 16.3. The molecule has 0 spiro atoms. The molecule has 0 amide bonds. The Labute approximate surface area is 67.1 Å². The van der Waals surface area contributed by atoms with Crippen molar-refractivity contribution in [1.29, 1.82) is 0 Å². The van der Waals surface area contributed by atoms with Gasteiger partial charge in [-0.3, -0.25) is 0 Å². The van der Waals surface area contributed by atoms with Gasteiger partial charge in [0.1, 0.15) is 0 Å². The van der Waals surface area contributed by atoms with E-state index in [0.29, 0.717) is 5.92 Å². The Morgan fingerprint density at radius 2 is 2.09 bits per heavy atom. The number of aliphatic hydroxyl groups is 1. The maximum absolute atomic E-state index is 9.63. The molecule has 0 bridgehead atoms. The van der Waals surface area contributed by atoms with Crippen LogP contribution in [0.25, 0.3) is 0 Å². The summed E-state index contributed by atoms with van der Waals surface area (Å²) in [6.07, 6.45) is 8.31. The van der Waals surface area contributed by atoms with Gasteiger partial charge in [-0.2, -0.15) is 0 Å². The summed E-state index contributed by atoms with van der Waals surface area (Å²) >= 11 is 0. The number of allylic oxidation sites excluding steroid dienone is 2. The maximum Gasteiger partial charge on any atom is 0.0577 e. The van der Waals surface area contributed by atoms with Crippen LogP contribution in [0.4, 0.5) is 0 Å². The lowest BCUT2D eigenvalue weighted by molar-refractivity contribution is -0.0201. The van der Waals surface area contributed by atoms with E-state index in [2.05, 4.69) is 12.2 Å². The summed E-state index contributed by atoms with van der Waals surface area (Å²) < 4.78 is 0. The van der Waals surface area contributed by atoms with E-state index >= 15 is 0 Å². The standard InChI is InChI=1S/C10H14O/c11-9-5-4-8-6-2-1-3-7(6)10(8)9/h1,3,6-11H,2,4-5H2. The number of hydrogen-bond acceptors (Lipinski definition) is 1. The summed E-state index contributed by atoms with van der Waals surface area (Å²) in [5.41, 5.74) is 0. The molecular formula is C10H14O. The lowest BCUT2D eigenvalue weighted by Gasteiger charge is -2.46. The first-order valence-corrected chi connectivity index (χ1v) is 4.72. The van der Waals surface area contributed by atoms with Gasteiger partial charge < -0.3 is 5.11 Å². The largest absolute Gasteiger partial charge is 0.393 e. The average Bonchev–Trinajstić information content (AvgIpc) is 2.43. The molecule has 60 valence electrons. The van der Waals surface area contributed by atoms with Crippen molar-refractivity contribution in [2.24, 2.45) is 23.7 Å². The van der Waals surface area contributed by atoms with Crippen LogP contribution in [0.15, 0.2) is 12.2 Å². The molecule has 0 saturated heterocycles. The highest BCUT2D eigenvalue weighted by Crippen LogP contribution is 2.59. The first-order chi connectivity index (χ1) is 5.38. The molecule has 0 aromatic rings. The normalized spacial score (nSPS) is 58.8. The third kappa shape index (κ3) is 0.610. The minimum absolute atomic E-state index is 0.0315. The summed E-state index contributed by atoms with van der Waals surface area (Å²) in [5.74, 6) is 3.22. The molecule has 1 heteroatoms. The third-order valence-corrected chi connectivity index (χ3v) is 3.99. The Morgan fingerprint density at radius 1 is 1.18 bits per heavy atom. The van der Waals surface area contributed by atoms with Gasteiger partial charge in [0.2, 0.25) is 0 Å². The van der Waals surface area contributed by atoms with Crippen molar-refractivity contribution in [3.8, 4) is 0 Å². The lowest BCUT2D eigenvalue weighted by Crippen LogP contribution is -2.44. The van der Waals surface area contributed by atoms with Crippen molar-refractivity contribution in [2.45, 2.75) is 25.4 Å². The van der Waals surface area contributed by atoms with Gasteiger partial charge in [-0.25, -0.2) is 0 Å². The summed E-state index contributed by atoms with van der Waals surface area (Å²) in [6, 6.07) is 0. The molecule has 0 radical (unpaired) electrons. The van der Waals surface area contributed by atoms with E-state index in [-0.39, 0.29) is 6.10 Å². The van der Waals surface area contributed by atoms with Crippen LogP contribution in [0.2, 0.25) is 0 Å². The molecule has 2 saturated carbocycles. The van der Waals surface area contributed by atoms with Crippen molar-refractivity contribution in [3.05, 3.63) is 12.2 Å². The van der Waals surface area contributed by atoms with E-state index in [1.807, 2.05) is 0 Å². The van der Waals surface area contributed by atoms with Crippen LogP contribution < -0.4 is 0 Å². The average molecular weight is 150 g/mol. The van der Waals surface area contributed by atoms with E-state index in [1.165, 1.54) is 12.8 Å². The van der Waals surface area contributed by atoms with E-state index in [1.54, 1.807) is 0 Å². The zero-order valence-electron chi connectivity index (χ0n) is 6.61. The zero-order chi connectivity index (χ0) is 7.42. The van der Waals surface area contributed by atoms with Gasteiger partial charge in [-0.1, -0.05) is 12.2 Å². The fourth-order valence-corrected chi connectivity index (χ4v) is 3.50. The fourth-order valence-electron chi connectivity index (χ4n) is 3.50. The van der Waals surface area contributed by atoms with Gasteiger partial charge in [-0.15, -0.1) is 0 Å². The molecule has 3 rings (SSSR count). The topological polar surface area (TPSA) is 20.2 Å². The van der Waals surface area contributed by atoms with Gasteiger partial charge in [-0.05, 0) is 42.9 Å². The lowest BCUT2D eigenvalue weighted by atomic mass is 9.59. The van der Waals surface area contributed by atoms with E-state index in [0.717, 1.165) is 24.2 Å². The molecule has 0 aliphatic heterocycles. The van der Waals surface area contributed by atoms with Crippen molar-refractivity contribution >= 4 is 0 Å². The zero-order valence-corrected chi connectivity index (χ0v) is 6.61. The highest BCUT2D eigenvalue weighted by molar-refractivity contribution is 5.17. The van der Waals surface area contributed by atoms with E-state index < -0.39 is 0 Å². The van der Waals surface area contributed by atoms with Crippen LogP contribution in [0.1, 0.15) is 19.3 Å². The monoisotopic (exact) mass is 150 g/mol. The molecule has 5 atom stereocenters. The molecule has 3 aliphatic carbocycles. The Morgan fingerprint density at radius 3 is 3.00 bits per heavy atom. The van der Waals surface area contributed by atoms with Crippen molar-refractivity contribution in [1.82, 2.24) is 0 Å². The second-order valence-electron chi connectivity index (χ2n) is 4.29. The number of aliphatic hydroxyl groups excluding tert-OH is 1. The van der Waals surface area contributed by atoms with Gasteiger partial charge in [0.05, 0.1) is 6.10 Å². The third-order valence-electron chi connectivity index (χ3n) is 3.99. The molecule has 2 fully saturated rings. The van der Waals surface area contributed by atoms with Crippen molar-refractivity contribution < 1.29 is 5.11 Å². The highest BCUT2D eigenvalue weighted by Gasteiger charge is 2.55. The first kappa shape index (κ1) is 6.24. The second-order valence-corrected chi connectivity index (χ2v) is 4.29. The molecular weight excluding hydrogens is 136 g/mol. The fraction of sp³-hybridized carbons (Fsp3) is 0.800. The minimum atomic E-state index is 0.0315. The SMILES string of the molecule is OC1CCC2C3CC=CC3C12. The van der Waals surface area contributed by atoms with Crippen LogP contribution in [0.5, 0.6) is 0 Å². The molecule has 3 aliphatic rings. The smallest absolute Gasteiger partial charge is 0.0577 e. The van der Waals surface area contributed by atoms with Gasteiger partial charge in [0.15, 0.2) is 0 Å². The molecule has 11 heavy (non-hydrogen) atoms. The van der Waals surface area contributed by atoms with Crippen LogP contribution in [0, 0.1) is 23.7 Å². The molecule has 1 nitrogen and oxygen atoms in total. The summed E-state index contributed by atoms with van der Waals surface area (Å²) in [4.78, 5) is 0. The van der Waals surface area contributed by atoms with Crippen molar-refractivity contribution in [2.75, 3.05) is 0 Å². The van der Waals surface area contributed by atoms with E-state index in [9.17, 15) is 5.11 Å². The Balaban J connectivity index is 1.88. The summed E-state index contributed by atoms with van der Waals surface area (Å²) in [7, 11) is 0. The van der Waals surface area contributed by atoms with E-state index in [4.69, 9.17) is 0 Å². The van der Waals surface area contributed by atoms with Crippen LogP contribution in [-0.4, -0.2) is 11.2 Å². The Bertz CT molecular complexity index is 209. The quantitative estimate of drug-likeness (QED) is 0.520. The van der Waals surface area contributed by atoms with Crippen LogP contribution >= 0.6 is 0 Å². The number of rotatable bonds is 0. The van der Waals surface area contributed by atoms with Crippen LogP contribution in [0.3, 0.4) is 0 Å². The Kier molecular flexibility index (Phi) is 1.07. The second kappa shape index (κ2) is 1.89. The molecule has 0 heterocycles. The maximum atomic E-state index is 9.63. The molecule has 0 aromatic carbocycles. The molecule has 5 unspecified atom stereocenters. The van der Waals surface area contributed by atoms with Crippen LogP contribution in [-0.2, 0) is 0 Å². The van der Waals surface area contributed by atoms with Gasteiger partial charge in [0.25, 0.3) is 0 Å². The van der Waals surface area contributed by atoms with Crippen molar-refractivity contribution in [3.63, 3.8) is 0 Å². The molecule has 1 N–H and O–H groups in total. The predicted molar refractivity (Wildman–Crippen MR) is 43.0 cm³/mol. The van der Waals surface area contributed by atoms with Gasteiger partial charge >= 0.3 is 0 Å². The summed E-state index contributed by atoms with van der Waals surface area (Å²) in [5, 5.41) is 9.63. The minimum Gasteiger partial charge on any atom is -0.393 e. The number of fused-ring (bicyclic) bond motifs is 4. The summed E-state index contributed by atoms with van der Waals surface area (Å²) in [6.45, 7) is 0. The Hall–Kier alpha value is -0.300. The number of hydrogen-bond donors (Lipinski definition) is 1. The first-order valence-electron chi connectivity index (χ1n) is 4.72.